The predicted octanol–water partition coefficient (Wildman–Crippen LogP) is 1.55. The summed E-state index contributed by atoms with van der Waals surface area (Å²) in [6.45, 7) is 2.21. The highest BCUT2D eigenvalue weighted by Crippen LogP contribution is 2.34. The number of benzene rings is 1. The van der Waals surface area contributed by atoms with Gasteiger partial charge in [-0.3, -0.25) is 0 Å². The quantitative estimate of drug-likeness (QED) is 0.827. The van der Waals surface area contributed by atoms with Crippen LogP contribution in [0.15, 0.2) is 28.0 Å². The van der Waals surface area contributed by atoms with E-state index in [-0.39, 0.29) is 0 Å². The lowest BCUT2D eigenvalue weighted by Gasteiger charge is -2.07. The van der Waals surface area contributed by atoms with Crippen molar-refractivity contribution < 1.29 is 8.42 Å². The SMILES string of the molecule is CNCc1cccc2c1S(=O)(=O)C(C)=C2. The molecule has 0 amide bonds. The highest BCUT2D eigenvalue weighted by Gasteiger charge is 2.28. The van der Waals surface area contributed by atoms with Gasteiger partial charge in [-0.2, -0.15) is 0 Å². The Hall–Kier alpha value is -1.13. The molecule has 80 valence electrons. The maximum Gasteiger partial charge on any atom is 0.203 e. The minimum absolute atomic E-state index is 0.432. The molecule has 1 aliphatic heterocycles. The number of allylic oxidation sites excluding steroid dienone is 1. The van der Waals surface area contributed by atoms with Gasteiger partial charge < -0.3 is 5.32 Å². The molecule has 1 aromatic rings. The summed E-state index contributed by atoms with van der Waals surface area (Å²) < 4.78 is 24.0. The summed E-state index contributed by atoms with van der Waals surface area (Å²) >= 11 is 0. The van der Waals surface area contributed by atoms with Crippen LogP contribution >= 0.6 is 0 Å². The third-order valence-electron chi connectivity index (χ3n) is 2.55. The second-order valence-corrected chi connectivity index (χ2v) is 5.68. The van der Waals surface area contributed by atoms with Gasteiger partial charge in [-0.25, -0.2) is 8.42 Å². The Morgan fingerprint density at radius 3 is 2.73 bits per heavy atom. The van der Waals surface area contributed by atoms with E-state index in [0.29, 0.717) is 16.3 Å². The van der Waals surface area contributed by atoms with Crippen LogP contribution in [0.1, 0.15) is 18.1 Å². The lowest BCUT2D eigenvalue weighted by molar-refractivity contribution is 0.601. The third kappa shape index (κ3) is 1.50. The molecule has 4 heteroatoms. The molecular weight excluding hydrogens is 210 g/mol. The molecule has 0 aromatic heterocycles. The van der Waals surface area contributed by atoms with E-state index in [9.17, 15) is 8.42 Å². The largest absolute Gasteiger partial charge is 0.316 e. The summed E-state index contributed by atoms with van der Waals surface area (Å²) in [7, 11) is -1.41. The Bertz CT molecular complexity index is 530. The summed E-state index contributed by atoms with van der Waals surface area (Å²) in [6.07, 6.45) is 1.73. The molecule has 0 spiro atoms. The van der Waals surface area contributed by atoms with E-state index < -0.39 is 9.84 Å². The molecule has 1 aliphatic rings. The summed E-state index contributed by atoms with van der Waals surface area (Å²) in [6, 6.07) is 5.57. The molecule has 1 N–H and O–H groups in total. The zero-order valence-corrected chi connectivity index (χ0v) is 9.56. The van der Waals surface area contributed by atoms with Crippen molar-refractivity contribution in [2.45, 2.75) is 18.4 Å². The molecular formula is C11H13NO2S. The maximum atomic E-state index is 12.0. The van der Waals surface area contributed by atoms with Crippen LogP contribution in [0.2, 0.25) is 0 Å². The standard InChI is InChI=1S/C11H13NO2S/c1-8-6-9-4-3-5-10(7-12-2)11(9)15(8,13)14/h3-6,12H,7H2,1-2H3. The first-order valence-electron chi connectivity index (χ1n) is 4.77. The van der Waals surface area contributed by atoms with Crippen molar-refractivity contribution in [3.05, 3.63) is 34.2 Å². The van der Waals surface area contributed by atoms with E-state index >= 15 is 0 Å². The summed E-state index contributed by atoms with van der Waals surface area (Å²) in [5.41, 5.74) is 1.64. The second-order valence-electron chi connectivity index (χ2n) is 3.62. The predicted molar refractivity (Wildman–Crippen MR) is 60.0 cm³/mol. The van der Waals surface area contributed by atoms with Gasteiger partial charge in [-0.15, -0.1) is 0 Å². The molecule has 0 radical (unpaired) electrons. The first-order valence-corrected chi connectivity index (χ1v) is 6.25. The molecule has 3 nitrogen and oxygen atoms in total. The first-order chi connectivity index (χ1) is 7.07. The number of hydrogen-bond donors (Lipinski definition) is 1. The molecule has 1 aromatic carbocycles. The molecule has 15 heavy (non-hydrogen) atoms. The van der Waals surface area contributed by atoms with E-state index in [4.69, 9.17) is 0 Å². The van der Waals surface area contributed by atoms with Crippen LogP contribution in [-0.2, 0) is 16.4 Å². The van der Waals surface area contributed by atoms with E-state index in [1.807, 2.05) is 18.2 Å². The topological polar surface area (TPSA) is 46.2 Å². The van der Waals surface area contributed by atoms with Crippen molar-refractivity contribution in [1.29, 1.82) is 0 Å². The summed E-state index contributed by atoms with van der Waals surface area (Å²) in [4.78, 5) is 0.901. The third-order valence-corrected chi connectivity index (χ3v) is 4.55. The fraction of sp³-hybridized carbons (Fsp3) is 0.273. The van der Waals surface area contributed by atoms with Crippen molar-refractivity contribution in [1.82, 2.24) is 5.32 Å². The molecule has 1 heterocycles. The molecule has 0 fully saturated rings. The molecule has 0 bridgehead atoms. The molecule has 2 rings (SSSR count). The zero-order valence-electron chi connectivity index (χ0n) is 8.74. The van der Waals surface area contributed by atoms with Crippen LogP contribution in [0, 0.1) is 0 Å². The van der Waals surface area contributed by atoms with Gasteiger partial charge >= 0.3 is 0 Å². The van der Waals surface area contributed by atoms with Gasteiger partial charge in [0.2, 0.25) is 9.84 Å². The maximum absolute atomic E-state index is 12.0. The van der Waals surface area contributed by atoms with Crippen molar-refractivity contribution >= 4 is 15.9 Å². The fourth-order valence-corrected chi connectivity index (χ4v) is 3.36. The summed E-state index contributed by atoms with van der Waals surface area (Å²) in [5, 5.41) is 2.98. The Morgan fingerprint density at radius 1 is 1.33 bits per heavy atom. The van der Waals surface area contributed by atoms with Crippen molar-refractivity contribution in [3.63, 3.8) is 0 Å². The number of sulfone groups is 1. The van der Waals surface area contributed by atoms with Crippen LogP contribution in [0.3, 0.4) is 0 Å². The summed E-state index contributed by atoms with van der Waals surface area (Å²) in [5.74, 6) is 0. The van der Waals surface area contributed by atoms with Gasteiger partial charge in [0.15, 0.2) is 0 Å². The van der Waals surface area contributed by atoms with E-state index in [1.54, 1.807) is 20.0 Å². The van der Waals surface area contributed by atoms with Crippen molar-refractivity contribution in [3.8, 4) is 0 Å². The van der Waals surface area contributed by atoms with Crippen LogP contribution in [0.25, 0.3) is 6.08 Å². The van der Waals surface area contributed by atoms with Crippen molar-refractivity contribution in [2.24, 2.45) is 0 Å². The smallest absolute Gasteiger partial charge is 0.203 e. The van der Waals surface area contributed by atoms with Gasteiger partial charge in [0.25, 0.3) is 0 Å². The van der Waals surface area contributed by atoms with Gasteiger partial charge in [0.05, 0.1) is 4.90 Å². The average molecular weight is 223 g/mol. The Morgan fingerprint density at radius 2 is 2.07 bits per heavy atom. The number of nitrogens with one attached hydrogen (secondary N) is 1. The molecule has 0 saturated carbocycles. The Labute approximate surface area is 89.7 Å². The molecule has 0 saturated heterocycles. The minimum Gasteiger partial charge on any atom is -0.316 e. The van der Waals surface area contributed by atoms with Crippen LogP contribution in [-0.4, -0.2) is 15.5 Å². The van der Waals surface area contributed by atoms with E-state index in [1.165, 1.54) is 0 Å². The van der Waals surface area contributed by atoms with Gasteiger partial charge in [0, 0.05) is 11.4 Å². The van der Waals surface area contributed by atoms with Gasteiger partial charge in [-0.05, 0) is 31.2 Å². The highest BCUT2D eigenvalue weighted by atomic mass is 32.2. The van der Waals surface area contributed by atoms with Crippen molar-refractivity contribution in [2.75, 3.05) is 7.05 Å². The Kier molecular flexibility index (Phi) is 2.40. The molecule has 0 aliphatic carbocycles. The van der Waals surface area contributed by atoms with E-state index in [2.05, 4.69) is 5.32 Å². The normalized spacial score (nSPS) is 17.3. The number of fused-ring (bicyclic) bond motifs is 1. The lowest BCUT2D eigenvalue weighted by atomic mass is 10.1. The van der Waals surface area contributed by atoms with Crippen LogP contribution in [0.4, 0.5) is 0 Å². The molecule has 0 atom stereocenters. The van der Waals surface area contributed by atoms with Gasteiger partial charge in [-0.1, -0.05) is 18.2 Å². The highest BCUT2D eigenvalue weighted by molar-refractivity contribution is 7.95. The van der Waals surface area contributed by atoms with E-state index in [0.717, 1.165) is 11.1 Å². The number of hydrogen-bond acceptors (Lipinski definition) is 3. The molecule has 0 unspecified atom stereocenters. The second kappa shape index (κ2) is 3.47. The monoisotopic (exact) mass is 223 g/mol. The van der Waals surface area contributed by atoms with Gasteiger partial charge in [0.1, 0.15) is 0 Å². The van der Waals surface area contributed by atoms with Crippen LogP contribution in [0.5, 0.6) is 0 Å². The van der Waals surface area contributed by atoms with Crippen LogP contribution < -0.4 is 5.32 Å². The Balaban J connectivity index is 2.68. The number of rotatable bonds is 2. The fourth-order valence-electron chi connectivity index (χ4n) is 1.83. The average Bonchev–Trinajstić information content (AvgIpc) is 2.39. The zero-order chi connectivity index (χ0) is 11.1. The lowest BCUT2D eigenvalue weighted by Crippen LogP contribution is -2.10. The first kappa shape index (κ1) is 10.4. The minimum atomic E-state index is -3.22.